The van der Waals surface area contributed by atoms with E-state index < -0.39 is 40.4 Å². The van der Waals surface area contributed by atoms with Crippen LogP contribution in [0, 0.1) is 76.2 Å². The first kappa shape index (κ1) is 97.4. The smallest absolute Gasteiger partial charge is 0.200 e. The predicted octanol–water partition coefficient (Wildman–Crippen LogP) is 26.9. The topological polar surface area (TPSA) is 19.4 Å². The SMILES string of the molecule is Cc1cc(C(C)(C)C)cc(-c2c3ccc([Si](C)(C)C)cc3cc[n+]2C)c1C.Cc1cc(C(C)C)cc(-c2c3ccc([Si](C)(C)C)cc3cc[n+]2C)c1C.Cc1cc(C)c(C)c(-c2c3ccc([Si](C)(C)C)cc3cc[n+]2C)c1.Cc1cc(C2CCCC2)cc(-c2c3ccc([Si](C)(C)C)cc3cc[n+]2C)c1C.Cc1ccc(C)c(-c2c3ccc([Si](C)(C)C)cc3cc[n+]2C)c1. The molecule has 666 valence electrons. The van der Waals surface area contributed by atoms with Crippen LogP contribution in [0.2, 0.25) is 98.2 Å². The molecule has 1 aliphatic carbocycles. The third kappa shape index (κ3) is 21.5. The van der Waals surface area contributed by atoms with Crippen LogP contribution in [0.3, 0.4) is 0 Å². The molecule has 1 fully saturated rings. The van der Waals surface area contributed by atoms with E-state index in [4.69, 9.17) is 0 Å². The van der Waals surface area contributed by atoms with E-state index in [1.165, 1.54) is 234 Å². The number of rotatable bonds is 12. The lowest BCUT2D eigenvalue weighted by Crippen LogP contribution is -2.37. The van der Waals surface area contributed by atoms with Crippen molar-refractivity contribution in [3.05, 3.63) is 297 Å². The summed E-state index contributed by atoms with van der Waals surface area (Å²) in [6.07, 6.45) is 16.5. The summed E-state index contributed by atoms with van der Waals surface area (Å²) in [5.41, 5.74) is 33.0. The number of aryl methyl sites for hydroxylation is 12. The molecule has 1 aliphatic rings. The Bertz CT molecular complexity index is 6730. The number of pyridine rings is 5. The van der Waals surface area contributed by atoms with E-state index >= 15 is 0 Å². The van der Waals surface area contributed by atoms with Crippen LogP contribution in [0.15, 0.2) is 219 Å². The van der Waals surface area contributed by atoms with Gasteiger partial charge in [-0.25, -0.2) is 22.8 Å². The molecule has 0 spiro atoms. The monoisotopic (exact) mass is 1780 g/mol. The molecule has 0 amide bonds. The minimum Gasteiger partial charge on any atom is -0.200 e. The van der Waals surface area contributed by atoms with Gasteiger partial charge in [-0.15, -0.1) is 0 Å². The largest absolute Gasteiger partial charge is 0.220 e. The summed E-state index contributed by atoms with van der Waals surface area (Å²) in [7, 11) is 4.29. The van der Waals surface area contributed by atoms with Crippen LogP contribution in [0.5, 0.6) is 0 Å². The van der Waals surface area contributed by atoms with Crippen molar-refractivity contribution in [3.63, 3.8) is 0 Å². The number of hydrogen-bond acceptors (Lipinski definition) is 0. The molecule has 0 bridgehead atoms. The van der Waals surface area contributed by atoms with Crippen molar-refractivity contribution in [2.45, 2.75) is 252 Å². The van der Waals surface area contributed by atoms with Gasteiger partial charge in [-0.1, -0.05) is 280 Å². The lowest BCUT2D eigenvalue weighted by atomic mass is 9.83. The van der Waals surface area contributed by atoms with Crippen molar-refractivity contribution >= 4 is 120 Å². The van der Waals surface area contributed by atoms with E-state index in [1.807, 2.05) is 0 Å². The maximum Gasteiger partial charge on any atom is 0.220 e. The molecule has 0 atom stereocenters. The van der Waals surface area contributed by atoms with Crippen molar-refractivity contribution in [2.24, 2.45) is 35.2 Å². The second-order valence-corrected chi connectivity index (χ2v) is 70.0. The highest BCUT2D eigenvalue weighted by molar-refractivity contribution is 6.90. The molecule has 16 rings (SSSR count). The Morgan fingerprint density at radius 1 is 0.273 bits per heavy atom. The molecule has 0 N–H and O–H groups in total. The first-order chi connectivity index (χ1) is 59.7. The second-order valence-electron chi connectivity index (χ2n) is 44.6. The quantitative estimate of drug-likeness (QED) is 0.0858. The van der Waals surface area contributed by atoms with E-state index in [0.717, 1.165) is 5.92 Å². The highest BCUT2D eigenvalue weighted by atomic mass is 28.3. The number of benzene rings is 10. The van der Waals surface area contributed by atoms with Gasteiger partial charge in [0, 0.05) is 35.9 Å². The van der Waals surface area contributed by atoms with Gasteiger partial charge in [-0.3, -0.25) is 0 Å². The Kier molecular flexibility index (Phi) is 28.9. The summed E-state index contributed by atoms with van der Waals surface area (Å²) in [6.45, 7) is 72.2. The van der Waals surface area contributed by atoms with Crippen molar-refractivity contribution in [1.29, 1.82) is 0 Å². The van der Waals surface area contributed by atoms with E-state index in [2.05, 4.69) is 486 Å². The van der Waals surface area contributed by atoms with E-state index in [-0.39, 0.29) is 5.41 Å². The first-order valence-electron chi connectivity index (χ1n) is 47.4. The summed E-state index contributed by atoms with van der Waals surface area (Å²) >= 11 is 0. The van der Waals surface area contributed by atoms with Crippen LogP contribution >= 0.6 is 0 Å². The molecule has 1 saturated carbocycles. The molecule has 128 heavy (non-hydrogen) atoms. The molecular weight excluding hydrogens is 1630 g/mol. The van der Waals surface area contributed by atoms with Crippen LogP contribution in [0.4, 0.5) is 0 Å². The number of fused-ring (bicyclic) bond motifs is 5. The zero-order valence-corrected chi connectivity index (χ0v) is 90.5. The second kappa shape index (κ2) is 38.0. The average molecular weight is 1780 g/mol. The Morgan fingerprint density at radius 3 is 0.875 bits per heavy atom. The van der Waals surface area contributed by atoms with Crippen LogP contribution in [0.1, 0.15) is 150 Å². The Morgan fingerprint density at radius 2 is 0.555 bits per heavy atom. The minimum atomic E-state index is -1.32. The van der Waals surface area contributed by atoms with Gasteiger partial charge in [0.05, 0.1) is 89.6 Å². The molecule has 0 unspecified atom stereocenters. The maximum absolute atomic E-state index is 2.50. The minimum absolute atomic E-state index is 0.140. The molecule has 10 heteroatoms. The molecule has 5 heterocycles. The van der Waals surface area contributed by atoms with Gasteiger partial charge in [-0.2, -0.15) is 0 Å². The van der Waals surface area contributed by atoms with Gasteiger partial charge < -0.3 is 0 Å². The van der Waals surface area contributed by atoms with Gasteiger partial charge in [-0.05, 0) is 261 Å². The molecule has 0 aliphatic heterocycles. The fraction of sp³-hybridized carbons (Fsp3) is 0.364. The average Bonchev–Trinajstić information content (AvgIpc) is 0.822. The summed E-state index contributed by atoms with van der Waals surface area (Å²) in [6, 6.07) is 72.6. The van der Waals surface area contributed by atoms with E-state index in [9.17, 15) is 0 Å². The Labute approximate surface area is 777 Å². The zero-order valence-electron chi connectivity index (χ0n) is 85.5. The van der Waals surface area contributed by atoms with Crippen molar-refractivity contribution in [1.82, 2.24) is 0 Å². The van der Waals surface area contributed by atoms with Gasteiger partial charge in [0.25, 0.3) is 0 Å². The normalized spacial score (nSPS) is 12.9. The summed E-state index contributed by atoms with van der Waals surface area (Å²) in [4.78, 5) is 0. The highest BCUT2D eigenvalue weighted by Crippen LogP contribution is 2.41. The van der Waals surface area contributed by atoms with Crippen LogP contribution < -0.4 is 48.8 Å². The van der Waals surface area contributed by atoms with Gasteiger partial charge in [0.2, 0.25) is 28.5 Å². The summed E-state index contributed by atoms with van der Waals surface area (Å²) in [5.74, 6) is 1.28. The predicted molar refractivity (Wildman–Crippen MR) is 574 cm³/mol. The van der Waals surface area contributed by atoms with Crippen molar-refractivity contribution in [3.8, 4) is 56.3 Å². The summed E-state index contributed by atoms with van der Waals surface area (Å²) in [5, 5.41) is 21.1. The molecule has 0 saturated heterocycles. The third-order valence-corrected chi connectivity index (χ3v) is 38.1. The van der Waals surface area contributed by atoms with Crippen molar-refractivity contribution in [2.75, 3.05) is 0 Å². The fourth-order valence-corrected chi connectivity index (χ4v) is 24.6. The van der Waals surface area contributed by atoms with Gasteiger partial charge in [0.15, 0.2) is 31.0 Å². The fourth-order valence-electron chi connectivity index (χ4n) is 18.8. The van der Waals surface area contributed by atoms with Crippen LogP contribution in [-0.4, -0.2) is 40.4 Å². The molecule has 5 nitrogen and oxygen atoms in total. The third-order valence-electron chi connectivity index (χ3n) is 27.9. The molecule has 10 aromatic carbocycles. The Balaban J connectivity index is 0.000000145. The molecular formula is C118H154N5Si5+5. The molecule has 5 aromatic heterocycles. The number of aromatic nitrogens is 5. The van der Waals surface area contributed by atoms with Gasteiger partial charge >= 0.3 is 0 Å². The number of hydrogen-bond donors (Lipinski definition) is 0. The maximum atomic E-state index is 2.50. The summed E-state index contributed by atoms with van der Waals surface area (Å²) < 4.78 is 11.4. The van der Waals surface area contributed by atoms with Crippen LogP contribution in [0.25, 0.3) is 110 Å². The van der Waals surface area contributed by atoms with Gasteiger partial charge in [0.1, 0.15) is 35.2 Å². The van der Waals surface area contributed by atoms with E-state index in [1.54, 1.807) is 5.56 Å². The standard InChI is InChI=1S/C26H34NSi.C25H34NSi.C24H32NSi.C22H28NSi.C21H26NSi/c1-18-15-22(20-9-7-8-10-20)17-25(19(18)2)26-24-12-11-23(28(4,5)6)16-21(24)13-14-27(26)3;1-17-14-20(25(3,4)5)16-23(18(17)2)24-22-11-10-21(27(7,8)9)15-19(22)12-13-26(24)6;1-16(2)20-13-17(3)18(4)23(15-20)24-22-10-9-21(26(6,7)8)14-19(22)11-12-25(24)5;1-15-12-16(2)17(3)21(13-15)22-20-9-8-19(24(5,6)7)14-18(20)10-11-23(22)4;1-15-7-8-16(2)20(13-15)21-19-10-9-18(23(4,5)6)14-17(19)11-12-22(21)3/h11-17,20H,7-10H2,1-6H3;10-16H,1-9H3;9-16H,1-8H3;8-14H,1-7H3;7-14H,1-6H3/q5*+1. The lowest BCUT2D eigenvalue weighted by molar-refractivity contribution is -0.659. The lowest BCUT2D eigenvalue weighted by Gasteiger charge is -2.22. The zero-order chi connectivity index (χ0) is 93.8. The number of nitrogens with zero attached hydrogens (tertiary/aromatic N) is 5. The highest BCUT2D eigenvalue weighted by Gasteiger charge is 2.31. The first-order valence-corrected chi connectivity index (χ1v) is 64.9. The van der Waals surface area contributed by atoms with E-state index in [0.29, 0.717) is 5.92 Å². The molecule has 0 radical (unpaired) electrons. The molecule has 15 aromatic rings. The van der Waals surface area contributed by atoms with Crippen molar-refractivity contribution < 1.29 is 22.8 Å². The van der Waals surface area contributed by atoms with Crippen LogP contribution in [-0.2, 0) is 40.7 Å². The Hall–Kier alpha value is -9.67.